The molecule has 1 amide bonds. The molecule has 280 valence electrons. The van der Waals surface area contributed by atoms with Crippen LogP contribution in [0.25, 0.3) is 22.5 Å². The van der Waals surface area contributed by atoms with Crippen molar-refractivity contribution in [2.24, 2.45) is 0 Å². The highest BCUT2D eigenvalue weighted by Gasteiger charge is 2.50. The van der Waals surface area contributed by atoms with E-state index in [1.165, 1.54) is 26.8 Å². The van der Waals surface area contributed by atoms with Crippen molar-refractivity contribution in [1.29, 1.82) is 0 Å². The summed E-state index contributed by atoms with van der Waals surface area (Å²) in [5, 5.41) is 49.7. The van der Waals surface area contributed by atoms with Gasteiger partial charge in [0.05, 0.1) is 50.5 Å². The van der Waals surface area contributed by atoms with E-state index in [2.05, 4.69) is 30.6 Å². The molecule has 3 aromatic heterocycles. The summed E-state index contributed by atoms with van der Waals surface area (Å²) in [5.41, 5.74) is 1.64. The summed E-state index contributed by atoms with van der Waals surface area (Å²) in [6, 6.07) is 8.78. The number of carbonyl (C=O) groups excluding carboxylic acids is 1. The van der Waals surface area contributed by atoms with Crippen LogP contribution in [0, 0.1) is 17.5 Å². The summed E-state index contributed by atoms with van der Waals surface area (Å²) < 4.78 is 56.9. The average Bonchev–Trinajstić information content (AvgIpc) is 3.87. The smallest absolute Gasteiger partial charge is 0.252 e. The van der Waals surface area contributed by atoms with Crippen molar-refractivity contribution in [2.45, 2.75) is 40.9 Å². The second-order valence-electron chi connectivity index (χ2n) is 12.8. The number of amides is 1. The number of aliphatic hydroxyl groups excluding tert-OH is 3. The number of benzene rings is 2. The second-order valence-corrected chi connectivity index (χ2v) is 15.5. The van der Waals surface area contributed by atoms with Gasteiger partial charge in [-0.05, 0) is 24.3 Å². The zero-order chi connectivity index (χ0) is 37.2. The molecule has 19 heteroatoms. The molecule has 53 heavy (non-hydrogen) atoms. The van der Waals surface area contributed by atoms with E-state index in [1.807, 2.05) is 6.07 Å². The maximum Gasteiger partial charge on any atom is 0.252 e. The van der Waals surface area contributed by atoms with E-state index < -0.39 is 82.5 Å². The molecular formula is C34H36F3N9O6S. The van der Waals surface area contributed by atoms with Crippen LogP contribution in [-0.4, -0.2) is 129 Å². The molecule has 8 atom stereocenters. The fourth-order valence-corrected chi connectivity index (χ4v) is 10.2. The third-order valence-corrected chi connectivity index (χ3v) is 13.1. The number of nitrogens with zero attached hydrogens (tertiary/aromatic N) is 9. The molecule has 0 bridgehead atoms. The highest BCUT2D eigenvalue weighted by Crippen LogP contribution is 2.51. The van der Waals surface area contributed by atoms with Gasteiger partial charge in [-0.15, -0.1) is 10.2 Å². The van der Waals surface area contributed by atoms with Gasteiger partial charge in [0.2, 0.25) is 0 Å². The van der Waals surface area contributed by atoms with E-state index in [9.17, 15) is 33.3 Å². The lowest BCUT2D eigenvalue weighted by molar-refractivity contribution is -0.127. The number of hydrogen-bond donors (Lipinski definition) is 4. The minimum atomic E-state index is -1.63. The van der Waals surface area contributed by atoms with E-state index in [0.717, 1.165) is 12.1 Å². The van der Waals surface area contributed by atoms with Crippen LogP contribution in [0.2, 0.25) is 0 Å². The summed E-state index contributed by atoms with van der Waals surface area (Å²) in [4.78, 5) is 22.8. The average molecular weight is 756 g/mol. The molecular weight excluding hydrogens is 719 g/mol. The van der Waals surface area contributed by atoms with Gasteiger partial charge < -0.3 is 29.7 Å². The maximum atomic E-state index is 14.1. The Kier molecular flexibility index (Phi) is 10.8. The van der Waals surface area contributed by atoms with Crippen LogP contribution in [0.3, 0.4) is 0 Å². The molecule has 0 saturated carbocycles. The SMILES string of the molecule is CN(C(=O)CO[C@H]1C[SH]([C@@H]2COC[C@H](n3cc(-c4cncnc4)nn3)[C@H]2O)[C@H](CO)[C@H](O)[C@@H]1n1cc(-c2cc(F)c(F)c(F)c2)nn1)c1ccccc1. The minimum Gasteiger partial charge on any atom is -0.395 e. The fourth-order valence-electron chi connectivity index (χ4n) is 6.79. The first-order chi connectivity index (χ1) is 25.6. The Morgan fingerprint density at radius 2 is 1.62 bits per heavy atom. The van der Waals surface area contributed by atoms with Gasteiger partial charge >= 0.3 is 0 Å². The minimum absolute atomic E-state index is 0.0183. The van der Waals surface area contributed by atoms with Gasteiger partial charge in [0, 0.05) is 52.5 Å². The van der Waals surface area contributed by atoms with E-state index in [-0.39, 0.29) is 36.1 Å². The summed E-state index contributed by atoms with van der Waals surface area (Å²) >= 11 is 0. The summed E-state index contributed by atoms with van der Waals surface area (Å²) in [5.74, 6) is -4.66. The normalized spacial score (nSPS) is 26.7. The lowest BCUT2D eigenvalue weighted by atomic mass is 10.0. The Balaban J connectivity index is 1.17. The first kappa shape index (κ1) is 36.6. The Hall–Kier alpha value is -4.79. The number of ether oxygens (including phenoxy) is 2. The van der Waals surface area contributed by atoms with Gasteiger partial charge in [0.1, 0.15) is 36.4 Å². The molecule has 5 heterocycles. The van der Waals surface area contributed by atoms with Gasteiger partial charge in [0.15, 0.2) is 17.5 Å². The molecule has 3 N–H and O–H groups in total. The first-order valence-corrected chi connectivity index (χ1v) is 18.3. The fraction of sp³-hybridized carbons (Fsp3) is 0.382. The van der Waals surface area contributed by atoms with E-state index in [1.54, 1.807) is 49.9 Å². The van der Waals surface area contributed by atoms with Crippen LogP contribution in [0.15, 0.2) is 73.6 Å². The van der Waals surface area contributed by atoms with Gasteiger partial charge in [-0.2, -0.15) is 0 Å². The highest BCUT2D eigenvalue weighted by molar-refractivity contribution is 8.18. The molecule has 2 aliphatic rings. The van der Waals surface area contributed by atoms with Crippen molar-refractivity contribution in [3.05, 3.63) is 91.0 Å². The summed E-state index contributed by atoms with van der Waals surface area (Å²) in [7, 11) is 0.110. The molecule has 2 aromatic carbocycles. The van der Waals surface area contributed by atoms with E-state index >= 15 is 0 Å². The number of likely N-dealkylation sites (N-methyl/N-ethyl adjacent to an activating group) is 1. The monoisotopic (exact) mass is 755 g/mol. The van der Waals surface area contributed by atoms with Gasteiger partial charge in [-0.1, -0.05) is 28.6 Å². The lowest BCUT2D eigenvalue weighted by Gasteiger charge is -2.51. The van der Waals surface area contributed by atoms with Crippen LogP contribution in [0.4, 0.5) is 18.9 Å². The zero-order valence-corrected chi connectivity index (χ0v) is 29.1. The van der Waals surface area contributed by atoms with Crippen molar-refractivity contribution < 1.29 is 42.8 Å². The Labute approximate surface area is 303 Å². The Morgan fingerprint density at radius 1 is 0.962 bits per heavy atom. The molecule has 1 unspecified atom stereocenters. The van der Waals surface area contributed by atoms with Crippen LogP contribution in [0.5, 0.6) is 0 Å². The van der Waals surface area contributed by atoms with Gasteiger partial charge in [0.25, 0.3) is 5.91 Å². The van der Waals surface area contributed by atoms with Gasteiger partial charge in [-0.25, -0.2) is 43.4 Å². The number of hydrogen-bond acceptors (Lipinski definition) is 12. The second kappa shape index (κ2) is 15.7. The molecule has 0 radical (unpaired) electrons. The first-order valence-electron chi connectivity index (χ1n) is 16.6. The highest BCUT2D eigenvalue weighted by atomic mass is 32.2. The Morgan fingerprint density at radius 3 is 2.32 bits per heavy atom. The number of aliphatic hydroxyl groups is 3. The van der Waals surface area contributed by atoms with Crippen LogP contribution in [0.1, 0.15) is 12.1 Å². The predicted octanol–water partition coefficient (Wildman–Crippen LogP) is 1.74. The summed E-state index contributed by atoms with van der Waals surface area (Å²) in [6.07, 6.45) is 4.23. The third-order valence-electron chi connectivity index (χ3n) is 9.66. The number of aromatic nitrogens is 8. The summed E-state index contributed by atoms with van der Waals surface area (Å²) in [6.45, 7) is -0.643. The number of halogens is 3. The standard InChI is InChI=1S/C34H36F3N9O6S/c1-44(21-5-3-2-4-6-21)30(48)16-52-27-17-53(29-15-51-14-26(33(29)49)45-11-25(41-42-45)20-9-38-18-39-10-20)28(13-47)34(50)32(27)46-12-24(40-43-46)19-7-22(35)31(37)23(36)8-19/h2-12,18,26-29,32-34,47,49-50,53H,13-17H2,1H3/t26-,27-,28+,29+,32+,33+,34-/m0/s1. The zero-order valence-electron chi connectivity index (χ0n) is 28.2. The molecule has 15 nitrogen and oxygen atoms in total. The Bertz CT molecular complexity index is 2010. The number of rotatable bonds is 10. The van der Waals surface area contributed by atoms with Crippen molar-refractivity contribution in [3.63, 3.8) is 0 Å². The molecule has 2 aliphatic heterocycles. The molecule has 2 fully saturated rings. The number of anilines is 1. The quantitative estimate of drug-likeness (QED) is 0.120. The van der Waals surface area contributed by atoms with Crippen LogP contribution in [-0.2, 0) is 14.3 Å². The van der Waals surface area contributed by atoms with Crippen molar-refractivity contribution >= 4 is 22.5 Å². The number of thiol groups is 1. The lowest BCUT2D eigenvalue weighted by Crippen LogP contribution is -2.56. The van der Waals surface area contributed by atoms with Crippen molar-refractivity contribution in [2.75, 3.05) is 44.1 Å². The maximum absolute atomic E-state index is 14.1. The van der Waals surface area contributed by atoms with E-state index in [0.29, 0.717) is 16.9 Å². The molecule has 5 aromatic rings. The van der Waals surface area contributed by atoms with E-state index in [4.69, 9.17) is 9.47 Å². The van der Waals surface area contributed by atoms with Gasteiger partial charge in [-0.3, -0.25) is 4.79 Å². The molecule has 0 aliphatic carbocycles. The molecule has 2 saturated heterocycles. The largest absolute Gasteiger partial charge is 0.395 e. The van der Waals surface area contributed by atoms with Crippen molar-refractivity contribution in [3.8, 4) is 22.5 Å². The number of para-hydroxylation sites is 1. The predicted molar refractivity (Wildman–Crippen MR) is 185 cm³/mol. The molecule has 0 spiro atoms. The molecule has 7 rings (SSSR count). The topological polar surface area (TPSA) is 187 Å². The van der Waals surface area contributed by atoms with Crippen molar-refractivity contribution in [1.82, 2.24) is 40.0 Å². The third kappa shape index (κ3) is 7.40. The number of carbonyl (C=O) groups is 1. The van der Waals surface area contributed by atoms with Crippen LogP contribution < -0.4 is 4.90 Å². The van der Waals surface area contributed by atoms with Crippen LogP contribution >= 0.6 is 10.9 Å².